The molecule has 4 rings (SSSR count). The summed E-state index contributed by atoms with van der Waals surface area (Å²) in [5, 5.41) is 0.759. The van der Waals surface area contributed by atoms with Crippen LogP contribution in [0.3, 0.4) is 0 Å². The van der Waals surface area contributed by atoms with E-state index in [4.69, 9.17) is 14.5 Å². The Labute approximate surface area is 183 Å². The number of para-hydroxylation sites is 1. The molecule has 1 atom stereocenters. The van der Waals surface area contributed by atoms with E-state index in [9.17, 15) is 9.59 Å². The normalized spacial score (nSPS) is 12.2. The minimum atomic E-state index is -0.525. The lowest BCUT2D eigenvalue weighted by Crippen LogP contribution is -2.24. The zero-order valence-electron chi connectivity index (χ0n) is 17.5. The summed E-state index contributed by atoms with van der Waals surface area (Å²) in [4.78, 5) is 33.8. The van der Waals surface area contributed by atoms with Crippen molar-refractivity contribution in [2.24, 2.45) is 0 Å². The number of thioether (sulfide) groups is 1. The molecule has 2 aromatic carbocycles. The van der Waals surface area contributed by atoms with Gasteiger partial charge in [0, 0.05) is 10.9 Å². The molecule has 0 amide bonds. The van der Waals surface area contributed by atoms with E-state index in [1.807, 2.05) is 55.5 Å². The molecule has 0 aliphatic carbocycles. The van der Waals surface area contributed by atoms with Crippen molar-refractivity contribution in [3.63, 3.8) is 0 Å². The van der Waals surface area contributed by atoms with Crippen LogP contribution < -0.4 is 10.3 Å². The second-order valence-electron chi connectivity index (χ2n) is 6.87. The summed E-state index contributed by atoms with van der Waals surface area (Å²) in [6, 6.07) is 14.9. The Hall–Kier alpha value is -3.26. The maximum absolute atomic E-state index is 13.5. The quantitative estimate of drug-likeness (QED) is 0.263. The molecule has 0 aliphatic rings. The molecule has 0 saturated heterocycles. The number of hydrogen-bond donors (Lipinski definition) is 1. The van der Waals surface area contributed by atoms with Gasteiger partial charge in [-0.15, -0.1) is 0 Å². The Bertz CT molecular complexity index is 1290. The van der Waals surface area contributed by atoms with Gasteiger partial charge in [-0.3, -0.25) is 14.2 Å². The monoisotopic (exact) mass is 437 g/mol. The van der Waals surface area contributed by atoms with Gasteiger partial charge >= 0.3 is 5.97 Å². The number of aromatic amines is 1. The standard InChI is InChI=1S/C23H23N3O4S/c1-4-29-16-12-10-15(11-13-16)26-21(27)20-19(17-8-6-7-9-18(17)24-20)25-23(26)31-14(3)22(28)30-5-2/h6-14,24H,4-5H2,1-3H3/t14-/m1/s1. The van der Waals surface area contributed by atoms with Gasteiger partial charge in [-0.05, 0) is 51.1 Å². The topological polar surface area (TPSA) is 86.2 Å². The highest BCUT2D eigenvalue weighted by Gasteiger charge is 2.22. The molecule has 160 valence electrons. The minimum Gasteiger partial charge on any atom is -0.494 e. The van der Waals surface area contributed by atoms with E-state index in [0.717, 1.165) is 10.9 Å². The van der Waals surface area contributed by atoms with Crippen LogP contribution in [0.4, 0.5) is 0 Å². The van der Waals surface area contributed by atoms with Crippen LogP contribution in [-0.2, 0) is 9.53 Å². The molecule has 0 unspecified atom stereocenters. The van der Waals surface area contributed by atoms with Crippen LogP contribution in [0.1, 0.15) is 20.8 Å². The summed E-state index contributed by atoms with van der Waals surface area (Å²) in [5.41, 5.74) is 2.24. The smallest absolute Gasteiger partial charge is 0.319 e. The molecule has 31 heavy (non-hydrogen) atoms. The Morgan fingerprint density at radius 1 is 1.13 bits per heavy atom. The van der Waals surface area contributed by atoms with Gasteiger partial charge in [-0.1, -0.05) is 30.0 Å². The molecule has 2 aromatic heterocycles. The lowest BCUT2D eigenvalue weighted by atomic mass is 10.2. The fraction of sp³-hybridized carbons (Fsp3) is 0.261. The Morgan fingerprint density at radius 3 is 2.58 bits per heavy atom. The first kappa shape index (κ1) is 21.0. The van der Waals surface area contributed by atoms with Crippen LogP contribution >= 0.6 is 11.8 Å². The van der Waals surface area contributed by atoms with Crippen molar-refractivity contribution >= 4 is 39.7 Å². The van der Waals surface area contributed by atoms with Gasteiger partial charge in [-0.25, -0.2) is 4.98 Å². The SMILES string of the molecule is CCOC(=O)[C@@H](C)Sc1nc2c([nH]c3ccccc32)c(=O)n1-c1ccc(OCC)cc1. The number of carbonyl (C=O) groups is 1. The van der Waals surface area contributed by atoms with Gasteiger partial charge in [-0.2, -0.15) is 0 Å². The van der Waals surface area contributed by atoms with Crippen molar-refractivity contribution in [1.29, 1.82) is 0 Å². The Morgan fingerprint density at radius 2 is 1.87 bits per heavy atom. The number of benzene rings is 2. The fourth-order valence-corrected chi connectivity index (χ4v) is 4.29. The molecule has 2 heterocycles. The first-order chi connectivity index (χ1) is 15.0. The van der Waals surface area contributed by atoms with Crippen molar-refractivity contribution in [2.45, 2.75) is 31.2 Å². The molecular formula is C23H23N3O4S. The van der Waals surface area contributed by atoms with E-state index in [2.05, 4.69) is 4.98 Å². The van der Waals surface area contributed by atoms with Crippen molar-refractivity contribution in [1.82, 2.24) is 14.5 Å². The lowest BCUT2D eigenvalue weighted by molar-refractivity contribution is -0.142. The van der Waals surface area contributed by atoms with Gasteiger partial charge in [0.2, 0.25) is 0 Å². The molecule has 0 fully saturated rings. The molecule has 4 aromatic rings. The van der Waals surface area contributed by atoms with Crippen molar-refractivity contribution < 1.29 is 14.3 Å². The number of H-pyrrole nitrogens is 1. The highest BCUT2D eigenvalue weighted by Crippen LogP contribution is 2.29. The van der Waals surface area contributed by atoms with Crippen molar-refractivity contribution in [2.75, 3.05) is 13.2 Å². The number of rotatable bonds is 7. The van der Waals surface area contributed by atoms with E-state index < -0.39 is 5.25 Å². The number of esters is 1. The maximum atomic E-state index is 13.5. The zero-order chi connectivity index (χ0) is 22.0. The maximum Gasteiger partial charge on any atom is 0.319 e. The summed E-state index contributed by atoms with van der Waals surface area (Å²) in [6.07, 6.45) is 0. The molecule has 0 radical (unpaired) electrons. The van der Waals surface area contributed by atoms with Crippen molar-refractivity contribution in [3.05, 3.63) is 58.9 Å². The molecule has 7 nitrogen and oxygen atoms in total. The van der Waals surface area contributed by atoms with E-state index in [-0.39, 0.29) is 11.5 Å². The first-order valence-electron chi connectivity index (χ1n) is 10.1. The van der Waals surface area contributed by atoms with Gasteiger partial charge < -0.3 is 14.5 Å². The summed E-state index contributed by atoms with van der Waals surface area (Å²) in [6.45, 7) is 6.28. The minimum absolute atomic E-state index is 0.232. The van der Waals surface area contributed by atoms with Gasteiger partial charge in [0.25, 0.3) is 5.56 Å². The summed E-state index contributed by atoms with van der Waals surface area (Å²) in [7, 11) is 0. The third-order valence-electron chi connectivity index (χ3n) is 4.80. The number of hydrogen-bond acceptors (Lipinski definition) is 6. The molecular weight excluding hydrogens is 414 g/mol. The predicted molar refractivity (Wildman–Crippen MR) is 122 cm³/mol. The summed E-state index contributed by atoms with van der Waals surface area (Å²) < 4.78 is 12.2. The van der Waals surface area contributed by atoms with Crippen LogP contribution in [0.15, 0.2) is 58.5 Å². The molecule has 0 bridgehead atoms. The highest BCUT2D eigenvalue weighted by atomic mass is 32.2. The second kappa shape index (κ2) is 8.85. The second-order valence-corrected chi connectivity index (χ2v) is 8.18. The van der Waals surface area contributed by atoms with Crippen molar-refractivity contribution in [3.8, 4) is 11.4 Å². The van der Waals surface area contributed by atoms with E-state index in [0.29, 0.717) is 40.8 Å². The Balaban J connectivity index is 1.91. The van der Waals surface area contributed by atoms with E-state index >= 15 is 0 Å². The summed E-state index contributed by atoms with van der Waals surface area (Å²) in [5.74, 6) is 0.368. The average Bonchev–Trinajstić information content (AvgIpc) is 3.14. The Kier molecular flexibility index (Phi) is 5.99. The lowest BCUT2D eigenvalue weighted by Gasteiger charge is -2.15. The number of nitrogens with one attached hydrogen (secondary N) is 1. The van der Waals surface area contributed by atoms with Gasteiger partial charge in [0.15, 0.2) is 5.16 Å². The number of carbonyl (C=O) groups excluding carboxylic acids is 1. The van der Waals surface area contributed by atoms with E-state index in [1.165, 1.54) is 16.3 Å². The largest absolute Gasteiger partial charge is 0.494 e. The molecule has 8 heteroatoms. The molecule has 0 saturated carbocycles. The predicted octanol–water partition coefficient (Wildman–Crippen LogP) is 4.31. The van der Waals surface area contributed by atoms with Gasteiger partial charge in [0.1, 0.15) is 22.0 Å². The molecule has 0 aliphatic heterocycles. The number of ether oxygens (including phenoxy) is 2. The number of fused-ring (bicyclic) bond motifs is 3. The third kappa shape index (κ3) is 4.03. The van der Waals surface area contributed by atoms with Crippen LogP contribution in [0, 0.1) is 0 Å². The highest BCUT2D eigenvalue weighted by molar-refractivity contribution is 8.00. The zero-order valence-corrected chi connectivity index (χ0v) is 18.4. The van der Waals surface area contributed by atoms with Crippen LogP contribution in [0.25, 0.3) is 27.6 Å². The van der Waals surface area contributed by atoms with Gasteiger partial charge in [0.05, 0.1) is 18.9 Å². The summed E-state index contributed by atoms with van der Waals surface area (Å²) >= 11 is 1.20. The first-order valence-corrected chi connectivity index (χ1v) is 11.0. The molecule has 0 spiro atoms. The number of nitrogens with zero attached hydrogens (tertiary/aromatic N) is 2. The van der Waals surface area contributed by atoms with E-state index in [1.54, 1.807) is 13.8 Å². The average molecular weight is 438 g/mol. The fourth-order valence-electron chi connectivity index (χ4n) is 3.37. The number of aromatic nitrogens is 3. The van der Waals surface area contributed by atoms with Crippen LogP contribution in [0.2, 0.25) is 0 Å². The molecule has 1 N–H and O–H groups in total. The van der Waals surface area contributed by atoms with Crippen LogP contribution in [-0.4, -0.2) is 39.0 Å². The third-order valence-corrected chi connectivity index (χ3v) is 5.83. The van der Waals surface area contributed by atoms with Crippen LogP contribution in [0.5, 0.6) is 5.75 Å².